The number of hydrogen-bond acceptors (Lipinski definition) is 3. The van der Waals surface area contributed by atoms with E-state index in [2.05, 4.69) is 32.3 Å². The number of pyridine rings is 1. The van der Waals surface area contributed by atoms with Crippen molar-refractivity contribution in [2.45, 2.75) is 13.0 Å². The number of benzene rings is 1. The van der Waals surface area contributed by atoms with Crippen LogP contribution in [0, 0.1) is 0 Å². The van der Waals surface area contributed by atoms with Crippen LogP contribution >= 0.6 is 15.9 Å². The number of aromatic nitrogens is 1. The maximum Gasteiger partial charge on any atom is 0.123 e. The molecule has 4 heteroatoms. The molecule has 1 heterocycles. The molecule has 0 aliphatic rings. The zero-order chi connectivity index (χ0) is 13.5. The number of halogens is 1. The Balaban J connectivity index is 1.95. The topological polar surface area (TPSA) is 34.1 Å². The van der Waals surface area contributed by atoms with Crippen LogP contribution in [0.15, 0.2) is 47.1 Å². The summed E-state index contributed by atoms with van der Waals surface area (Å²) in [6.45, 7) is 1.42. The lowest BCUT2D eigenvalue weighted by Gasteiger charge is -2.11. The van der Waals surface area contributed by atoms with Gasteiger partial charge in [0.1, 0.15) is 5.75 Å². The fraction of sp³-hybridized carbons (Fsp3) is 0.267. The molecule has 19 heavy (non-hydrogen) atoms. The Morgan fingerprint density at radius 2 is 2.16 bits per heavy atom. The molecule has 0 saturated heterocycles. The first-order valence-electron chi connectivity index (χ1n) is 6.25. The van der Waals surface area contributed by atoms with Crippen molar-refractivity contribution in [3.05, 3.63) is 58.3 Å². The molecule has 0 aliphatic carbocycles. The molecule has 100 valence electrons. The number of hydrogen-bond donors (Lipinski definition) is 1. The van der Waals surface area contributed by atoms with Crippen molar-refractivity contribution in [3.63, 3.8) is 0 Å². The van der Waals surface area contributed by atoms with E-state index in [0.29, 0.717) is 6.61 Å². The first-order valence-corrected chi connectivity index (χ1v) is 7.04. The summed E-state index contributed by atoms with van der Waals surface area (Å²) in [5, 5.41) is 3.15. The largest absolute Gasteiger partial charge is 0.493 e. The summed E-state index contributed by atoms with van der Waals surface area (Å²) in [5.74, 6) is 0.925. The van der Waals surface area contributed by atoms with Gasteiger partial charge in [-0.15, -0.1) is 0 Å². The Morgan fingerprint density at radius 3 is 2.89 bits per heavy atom. The van der Waals surface area contributed by atoms with Crippen molar-refractivity contribution in [2.24, 2.45) is 0 Å². The molecule has 0 saturated carbocycles. The second kappa shape index (κ2) is 7.26. The van der Waals surface area contributed by atoms with Gasteiger partial charge < -0.3 is 10.1 Å². The maximum absolute atomic E-state index is 5.85. The molecular formula is C15H17BrN2O. The first-order chi connectivity index (χ1) is 9.29. The third-order valence-corrected chi connectivity index (χ3v) is 3.22. The maximum atomic E-state index is 5.85. The van der Waals surface area contributed by atoms with E-state index in [1.165, 1.54) is 0 Å². The zero-order valence-corrected chi connectivity index (χ0v) is 12.5. The van der Waals surface area contributed by atoms with E-state index in [1.54, 1.807) is 6.20 Å². The van der Waals surface area contributed by atoms with Gasteiger partial charge >= 0.3 is 0 Å². The quantitative estimate of drug-likeness (QED) is 0.887. The molecule has 0 aliphatic heterocycles. The number of nitrogens with zero attached hydrogens (tertiary/aromatic N) is 1. The molecule has 0 atom stereocenters. The minimum atomic E-state index is 0.634. The minimum Gasteiger partial charge on any atom is -0.493 e. The summed E-state index contributed by atoms with van der Waals surface area (Å²) >= 11 is 3.48. The molecule has 3 nitrogen and oxygen atoms in total. The summed E-state index contributed by atoms with van der Waals surface area (Å²) in [4.78, 5) is 4.28. The Bertz CT molecular complexity index is 517. The molecule has 0 spiro atoms. The Kier molecular flexibility index (Phi) is 5.36. The first kappa shape index (κ1) is 14.0. The van der Waals surface area contributed by atoms with Crippen molar-refractivity contribution in [1.29, 1.82) is 0 Å². The van der Waals surface area contributed by atoms with Gasteiger partial charge in [0.25, 0.3) is 0 Å². The van der Waals surface area contributed by atoms with Gasteiger partial charge in [0.05, 0.1) is 6.61 Å². The van der Waals surface area contributed by atoms with Crippen molar-refractivity contribution in [1.82, 2.24) is 10.3 Å². The van der Waals surface area contributed by atoms with Gasteiger partial charge in [-0.25, -0.2) is 0 Å². The molecule has 1 N–H and O–H groups in total. The molecule has 2 rings (SSSR count). The lowest BCUT2D eigenvalue weighted by molar-refractivity contribution is 0.316. The summed E-state index contributed by atoms with van der Waals surface area (Å²) in [7, 11) is 1.93. The number of nitrogens with one attached hydrogen (secondary N) is 1. The highest BCUT2D eigenvalue weighted by molar-refractivity contribution is 9.10. The number of ether oxygens (including phenoxy) is 1. The lowest BCUT2D eigenvalue weighted by atomic mass is 10.2. The van der Waals surface area contributed by atoms with Crippen LogP contribution in [-0.4, -0.2) is 18.6 Å². The van der Waals surface area contributed by atoms with Crippen molar-refractivity contribution in [3.8, 4) is 5.75 Å². The molecule has 0 fully saturated rings. The van der Waals surface area contributed by atoms with Gasteiger partial charge in [-0.3, -0.25) is 4.98 Å². The van der Waals surface area contributed by atoms with Crippen LogP contribution in [0.1, 0.15) is 11.3 Å². The van der Waals surface area contributed by atoms with Gasteiger partial charge in [-0.2, -0.15) is 0 Å². The molecule has 0 amide bonds. The van der Waals surface area contributed by atoms with E-state index in [1.807, 2.05) is 37.4 Å². The zero-order valence-electron chi connectivity index (χ0n) is 10.9. The molecule has 1 aromatic carbocycles. The summed E-state index contributed by atoms with van der Waals surface area (Å²) in [6, 6.07) is 12.0. The Labute approximate surface area is 122 Å². The minimum absolute atomic E-state index is 0.634. The molecule has 1 aromatic heterocycles. The highest BCUT2D eigenvalue weighted by Crippen LogP contribution is 2.23. The van der Waals surface area contributed by atoms with Crippen LogP contribution < -0.4 is 10.1 Å². The summed E-state index contributed by atoms with van der Waals surface area (Å²) in [5.41, 5.74) is 2.20. The van der Waals surface area contributed by atoms with E-state index in [9.17, 15) is 0 Å². The molecule has 0 unspecified atom stereocenters. The Hall–Kier alpha value is -1.39. The SMILES string of the molecule is CNCc1cc(Br)ccc1OCCc1ccccn1. The Morgan fingerprint density at radius 1 is 1.26 bits per heavy atom. The third-order valence-electron chi connectivity index (χ3n) is 2.73. The van der Waals surface area contributed by atoms with Crippen LogP contribution in [-0.2, 0) is 13.0 Å². The van der Waals surface area contributed by atoms with Crippen molar-refractivity contribution in [2.75, 3.05) is 13.7 Å². The summed E-state index contributed by atoms with van der Waals surface area (Å²) in [6.07, 6.45) is 2.62. The molecule has 0 bridgehead atoms. The fourth-order valence-corrected chi connectivity index (χ4v) is 2.24. The van der Waals surface area contributed by atoms with Crippen LogP contribution in [0.5, 0.6) is 5.75 Å². The third kappa shape index (κ3) is 4.33. The van der Waals surface area contributed by atoms with E-state index < -0.39 is 0 Å². The molecular weight excluding hydrogens is 304 g/mol. The van der Waals surface area contributed by atoms with Gasteiger partial charge in [0.15, 0.2) is 0 Å². The van der Waals surface area contributed by atoms with Crippen LogP contribution in [0.25, 0.3) is 0 Å². The van der Waals surface area contributed by atoms with Crippen molar-refractivity contribution < 1.29 is 4.74 Å². The lowest BCUT2D eigenvalue weighted by Crippen LogP contribution is -2.09. The monoisotopic (exact) mass is 320 g/mol. The highest BCUT2D eigenvalue weighted by atomic mass is 79.9. The molecule has 0 radical (unpaired) electrons. The van der Waals surface area contributed by atoms with Crippen molar-refractivity contribution >= 4 is 15.9 Å². The van der Waals surface area contributed by atoms with Crippen LogP contribution in [0.3, 0.4) is 0 Å². The average molecular weight is 321 g/mol. The predicted molar refractivity (Wildman–Crippen MR) is 80.3 cm³/mol. The smallest absolute Gasteiger partial charge is 0.123 e. The van der Waals surface area contributed by atoms with Crippen LogP contribution in [0.2, 0.25) is 0 Å². The van der Waals surface area contributed by atoms with E-state index >= 15 is 0 Å². The second-order valence-corrected chi connectivity index (χ2v) is 5.12. The second-order valence-electron chi connectivity index (χ2n) is 4.20. The normalized spacial score (nSPS) is 10.4. The van der Waals surface area contributed by atoms with Crippen LogP contribution in [0.4, 0.5) is 0 Å². The number of rotatable bonds is 6. The van der Waals surface area contributed by atoms with Gasteiger partial charge in [-0.1, -0.05) is 22.0 Å². The fourth-order valence-electron chi connectivity index (χ4n) is 1.83. The summed E-state index contributed by atoms with van der Waals surface area (Å²) < 4.78 is 6.91. The van der Waals surface area contributed by atoms with E-state index in [4.69, 9.17) is 4.74 Å². The van der Waals surface area contributed by atoms with E-state index in [0.717, 1.165) is 34.4 Å². The highest BCUT2D eigenvalue weighted by Gasteiger charge is 2.04. The predicted octanol–water partition coefficient (Wildman–Crippen LogP) is 3.19. The van der Waals surface area contributed by atoms with E-state index in [-0.39, 0.29) is 0 Å². The van der Waals surface area contributed by atoms with Gasteiger partial charge in [0, 0.05) is 34.9 Å². The molecule has 2 aromatic rings. The standard InChI is InChI=1S/C15H17BrN2O/c1-17-11-12-10-13(16)5-6-15(12)19-9-7-14-4-2-3-8-18-14/h2-6,8,10,17H,7,9,11H2,1H3. The van der Waals surface area contributed by atoms with Gasteiger partial charge in [-0.05, 0) is 37.4 Å². The average Bonchev–Trinajstić information content (AvgIpc) is 2.43. The van der Waals surface area contributed by atoms with Gasteiger partial charge in [0.2, 0.25) is 0 Å².